The third-order valence-electron chi connectivity index (χ3n) is 9.20. The first-order chi connectivity index (χ1) is 18.2. The Morgan fingerprint density at radius 3 is 2.41 bits per heavy atom. The highest BCUT2D eigenvalue weighted by Gasteiger charge is 2.38. The van der Waals surface area contributed by atoms with Crippen molar-refractivity contribution in [1.82, 2.24) is 14.3 Å². The van der Waals surface area contributed by atoms with Crippen molar-refractivity contribution < 1.29 is 4.55 Å². The van der Waals surface area contributed by atoms with E-state index in [9.17, 15) is 4.55 Å². The van der Waals surface area contributed by atoms with Crippen LogP contribution in [0.5, 0.6) is 0 Å². The van der Waals surface area contributed by atoms with Gasteiger partial charge in [0, 0.05) is 48.9 Å². The normalized spacial score (nSPS) is 26.7. The largest absolute Gasteiger partial charge is 0.598 e. The molecule has 37 heavy (non-hydrogen) atoms. The van der Waals surface area contributed by atoms with Crippen LogP contribution in [-0.4, -0.2) is 49.8 Å². The third-order valence-corrected chi connectivity index (χ3v) is 11.7. The summed E-state index contributed by atoms with van der Waals surface area (Å²) in [6, 6.07) is 8.94. The van der Waals surface area contributed by atoms with Crippen molar-refractivity contribution in [2.75, 3.05) is 29.9 Å². The number of piperidine rings is 1. The molecule has 1 N–H and O–H groups in total. The van der Waals surface area contributed by atoms with Crippen LogP contribution in [0.3, 0.4) is 0 Å². The molecule has 2 aliphatic heterocycles. The molecule has 1 aromatic heterocycles. The Morgan fingerprint density at radius 2 is 1.62 bits per heavy atom. The highest BCUT2D eigenvalue weighted by atomic mass is 79.9. The van der Waals surface area contributed by atoms with Gasteiger partial charge in [0.05, 0.1) is 4.47 Å². The van der Waals surface area contributed by atoms with Gasteiger partial charge >= 0.3 is 0 Å². The van der Waals surface area contributed by atoms with Gasteiger partial charge in [0.15, 0.2) is 5.82 Å². The summed E-state index contributed by atoms with van der Waals surface area (Å²) in [6.45, 7) is 2.73. The van der Waals surface area contributed by atoms with E-state index < -0.39 is 11.4 Å². The van der Waals surface area contributed by atoms with Gasteiger partial charge in [-0.15, -0.1) is 4.31 Å². The molecule has 1 aromatic carbocycles. The predicted molar refractivity (Wildman–Crippen MR) is 156 cm³/mol. The van der Waals surface area contributed by atoms with E-state index in [0.717, 1.165) is 80.3 Å². The van der Waals surface area contributed by atoms with Crippen LogP contribution in [0.4, 0.5) is 17.5 Å². The van der Waals surface area contributed by atoms with Gasteiger partial charge in [-0.2, -0.15) is 4.98 Å². The van der Waals surface area contributed by atoms with Crippen molar-refractivity contribution in [3.63, 3.8) is 0 Å². The van der Waals surface area contributed by atoms with Gasteiger partial charge in [0.25, 0.3) is 0 Å². The van der Waals surface area contributed by atoms with Crippen LogP contribution in [0.15, 0.2) is 34.9 Å². The van der Waals surface area contributed by atoms with Gasteiger partial charge in [0.1, 0.15) is 5.25 Å². The number of halogens is 1. The van der Waals surface area contributed by atoms with Gasteiger partial charge in [-0.25, -0.2) is 4.98 Å². The van der Waals surface area contributed by atoms with E-state index in [1.54, 1.807) is 0 Å². The van der Waals surface area contributed by atoms with Crippen molar-refractivity contribution >= 4 is 44.7 Å². The van der Waals surface area contributed by atoms with Crippen molar-refractivity contribution in [2.45, 2.75) is 88.3 Å². The van der Waals surface area contributed by atoms with E-state index in [1.165, 1.54) is 49.8 Å². The summed E-state index contributed by atoms with van der Waals surface area (Å²) in [5, 5.41) is 3.96. The molecule has 2 aliphatic carbocycles. The van der Waals surface area contributed by atoms with Crippen LogP contribution >= 0.6 is 15.9 Å². The number of para-hydroxylation sites is 1. The van der Waals surface area contributed by atoms with Gasteiger partial charge in [-0.1, -0.05) is 43.9 Å². The Labute approximate surface area is 233 Å². The molecule has 3 fully saturated rings. The summed E-state index contributed by atoms with van der Waals surface area (Å²) in [4.78, 5) is 11.8. The first kappa shape index (κ1) is 25.9. The number of nitrogens with one attached hydrogen (secondary N) is 1. The van der Waals surface area contributed by atoms with Gasteiger partial charge in [0.2, 0.25) is 5.95 Å². The van der Waals surface area contributed by atoms with E-state index in [0.29, 0.717) is 17.2 Å². The first-order valence-electron chi connectivity index (χ1n) is 14.5. The Morgan fingerprint density at radius 1 is 0.892 bits per heavy atom. The lowest BCUT2D eigenvalue weighted by atomic mass is 9.79. The van der Waals surface area contributed by atoms with E-state index in [2.05, 4.69) is 59.7 Å². The number of nitrogens with zero attached hydrogens (tertiary/aromatic N) is 4. The molecule has 2 saturated carbocycles. The molecular weight excluding hydrogens is 546 g/mol. The van der Waals surface area contributed by atoms with Gasteiger partial charge in [-0.05, 0) is 90.8 Å². The highest BCUT2D eigenvalue weighted by molar-refractivity contribution is 9.10. The standard InChI is InChI=1S/C29H40BrN5OS/c30-26-20-31-29(33-28(26)35-17-5-9-23-8-3-4-10-27(23)35)32-24-15-18-34(19-16-24)37(36)25-13-11-22(12-14-25)21-6-1-2-7-21/h3-4,8,10,20-22,24-25H,1-2,5-7,9,11-19H2,(H,31,32,33). The summed E-state index contributed by atoms with van der Waals surface area (Å²) in [6.07, 6.45) is 16.7. The molecular formula is C29H40BrN5OS. The molecule has 8 heteroatoms. The zero-order chi connectivity index (χ0) is 25.2. The quantitative estimate of drug-likeness (QED) is 0.384. The van der Waals surface area contributed by atoms with Crippen molar-refractivity contribution in [3.05, 3.63) is 40.5 Å². The molecule has 4 aliphatic rings. The zero-order valence-electron chi connectivity index (χ0n) is 21.8. The second-order valence-electron chi connectivity index (χ2n) is 11.5. The maximum atomic E-state index is 13.4. The Bertz CT molecular complexity index is 1050. The molecule has 200 valence electrons. The molecule has 2 aromatic rings. The predicted octanol–water partition coefficient (Wildman–Crippen LogP) is 6.61. The van der Waals surface area contributed by atoms with Crippen LogP contribution in [0, 0.1) is 11.8 Å². The molecule has 1 saturated heterocycles. The summed E-state index contributed by atoms with van der Waals surface area (Å²) in [5.74, 6) is 3.48. The maximum Gasteiger partial charge on any atom is 0.224 e. The lowest BCUT2D eigenvalue weighted by molar-refractivity contribution is 0.246. The number of aromatic nitrogens is 2. The number of hydrogen-bond donors (Lipinski definition) is 1. The Kier molecular flexibility index (Phi) is 8.26. The summed E-state index contributed by atoms with van der Waals surface area (Å²) < 4.78 is 16.6. The fraction of sp³-hybridized carbons (Fsp3) is 0.655. The monoisotopic (exact) mass is 585 g/mol. The molecule has 3 heterocycles. The van der Waals surface area contributed by atoms with Crippen LogP contribution in [0.25, 0.3) is 0 Å². The van der Waals surface area contributed by atoms with Crippen molar-refractivity contribution in [1.29, 1.82) is 0 Å². The molecule has 1 atom stereocenters. The van der Waals surface area contributed by atoms with Crippen molar-refractivity contribution in [3.8, 4) is 0 Å². The Hall–Kier alpha value is -1.35. The molecule has 0 amide bonds. The average Bonchev–Trinajstić information content (AvgIpc) is 3.49. The highest BCUT2D eigenvalue weighted by Crippen LogP contribution is 2.41. The number of rotatable bonds is 6. The first-order valence-corrected chi connectivity index (χ1v) is 16.4. The number of anilines is 3. The zero-order valence-corrected chi connectivity index (χ0v) is 24.2. The lowest BCUT2D eigenvalue weighted by Gasteiger charge is -2.38. The smallest absolute Gasteiger partial charge is 0.224 e. The van der Waals surface area contributed by atoms with Crippen LogP contribution in [0.2, 0.25) is 0 Å². The minimum atomic E-state index is -0.841. The van der Waals surface area contributed by atoms with Crippen LogP contribution < -0.4 is 10.2 Å². The Balaban J connectivity index is 1.03. The van der Waals surface area contributed by atoms with E-state index in [4.69, 9.17) is 4.98 Å². The van der Waals surface area contributed by atoms with Gasteiger partial charge in [-0.3, -0.25) is 0 Å². The molecule has 1 unspecified atom stereocenters. The topological polar surface area (TPSA) is 67.3 Å². The number of hydrogen-bond acceptors (Lipinski definition) is 6. The summed E-state index contributed by atoms with van der Waals surface area (Å²) in [5.41, 5.74) is 2.62. The molecule has 6 rings (SSSR count). The third kappa shape index (κ3) is 5.82. The lowest BCUT2D eigenvalue weighted by Crippen LogP contribution is -2.47. The fourth-order valence-electron chi connectivity index (χ4n) is 7.13. The van der Waals surface area contributed by atoms with Crippen LogP contribution in [0.1, 0.15) is 76.2 Å². The SMILES string of the molecule is [O-][S+](C1CCC(C2CCCC2)CC1)N1CCC(Nc2ncc(Br)c(N3CCCc4ccccc43)n2)CC1. The second kappa shape index (κ2) is 11.8. The second-order valence-corrected chi connectivity index (χ2v) is 14.0. The average molecular weight is 587 g/mol. The number of benzene rings is 1. The number of fused-ring (bicyclic) bond motifs is 1. The fourth-order valence-corrected chi connectivity index (χ4v) is 9.21. The minimum absolute atomic E-state index is 0.314. The van der Waals surface area contributed by atoms with Crippen molar-refractivity contribution in [2.24, 2.45) is 11.8 Å². The van der Waals surface area contributed by atoms with E-state index in [1.807, 2.05) is 6.20 Å². The van der Waals surface area contributed by atoms with Crippen LogP contribution in [-0.2, 0) is 17.8 Å². The molecule has 6 nitrogen and oxygen atoms in total. The summed E-state index contributed by atoms with van der Waals surface area (Å²) >= 11 is 2.85. The molecule has 0 bridgehead atoms. The van der Waals surface area contributed by atoms with Gasteiger partial charge < -0.3 is 14.8 Å². The molecule has 0 spiro atoms. The maximum absolute atomic E-state index is 13.4. The minimum Gasteiger partial charge on any atom is -0.598 e. The van der Waals surface area contributed by atoms with E-state index in [-0.39, 0.29) is 0 Å². The molecule has 0 radical (unpaired) electrons. The summed E-state index contributed by atoms with van der Waals surface area (Å²) in [7, 11) is 0. The number of aryl methyl sites for hydroxylation is 1. The van der Waals surface area contributed by atoms with E-state index >= 15 is 0 Å².